The number of piperidine rings is 1. The molecule has 1 aromatic carbocycles. The molecular weight excluding hydrogens is 493 g/mol. The quantitative estimate of drug-likeness (QED) is 0.468. The first-order valence-corrected chi connectivity index (χ1v) is 11.4. The minimum absolute atomic E-state index is 0.0756. The van der Waals surface area contributed by atoms with Crippen LogP contribution in [0.5, 0.6) is 0 Å². The van der Waals surface area contributed by atoms with Crippen LogP contribution in [0.2, 0.25) is 0 Å². The number of aliphatic hydroxyl groups is 1. The van der Waals surface area contributed by atoms with E-state index in [0.29, 0.717) is 44.1 Å². The largest absolute Gasteiger partial charge is 0.453 e. The molecule has 0 saturated carbocycles. The Balaban J connectivity index is 1.72. The number of rotatable bonds is 5. The summed E-state index contributed by atoms with van der Waals surface area (Å²) in [5.74, 6) is 0.153. The summed E-state index contributed by atoms with van der Waals surface area (Å²) >= 11 is 0. The zero-order valence-corrected chi connectivity index (χ0v) is 20.1. The van der Waals surface area contributed by atoms with E-state index in [-0.39, 0.29) is 23.2 Å². The summed E-state index contributed by atoms with van der Waals surface area (Å²) < 4.78 is 46.0. The number of hydrogen-bond donors (Lipinski definition) is 3. The second-order valence-electron chi connectivity index (χ2n) is 9.12. The van der Waals surface area contributed by atoms with Gasteiger partial charge in [-0.15, -0.1) is 0 Å². The molecule has 4 rings (SSSR count). The topological polar surface area (TPSA) is 136 Å². The maximum atomic E-state index is 13.2. The maximum absolute atomic E-state index is 13.2. The Morgan fingerprint density at radius 3 is 2.49 bits per heavy atom. The van der Waals surface area contributed by atoms with Gasteiger partial charge in [0.2, 0.25) is 0 Å². The van der Waals surface area contributed by atoms with E-state index in [9.17, 15) is 33.1 Å². The van der Waals surface area contributed by atoms with Crippen LogP contribution in [0.3, 0.4) is 0 Å². The molecule has 1 saturated heterocycles. The highest BCUT2D eigenvalue weighted by atomic mass is 19.4. The van der Waals surface area contributed by atoms with Crippen LogP contribution in [0.25, 0.3) is 10.9 Å². The van der Waals surface area contributed by atoms with Gasteiger partial charge in [-0.2, -0.15) is 23.5 Å². The van der Waals surface area contributed by atoms with Crippen LogP contribution in [0.4, 0.5) is 29.5 Å². The number of amides is 1. The number of ether oxygens (including phenoxy) is 1. The molecule has 1 fully saturated rings. The van der Waals surface area contributed by atoms with E-state index < -0.39 is 29.0 Å². The van der Waals surface area contributed by atoms with Gasteiger partial charge >= 0.3 is 12.3 Å². The summed E-state index contributed by atoms with van der Waals surface area (Å²) in [6, 6.07) is 8.81. The molecule has 0 aliphatic carbocycles. The van der Waals surface area contributed by atoms with Crippen LogP contribution in [-0.4, -0.2) is 57.2 Å². The molecule has 196 valence electrons. The summed E-state index contributed by atoms with van der Waals surface area (Å²) in [6.07, 6.45) is -3.01. The molecule has 3 heterocycles. The molecule has 13 heteroatoms. The minimum Gasteiger partial charge on any atom is -0.453 e. The predicted molar refractivity (Wildman–Crippen MR) is 127 cm³/mol. The number of halogens is 3. The number of nitrogens with zero attached hydrogens (tertiary/aromatic N) is 4. The highest BCUT2D eigenvalue weighted by Gasteiger charge is 2.51. The fourth-order valence-electron chi connectivity index (χ4n) is 4.55. The zero-order chi connectivity index (χ0) is 27.0. The minimum atomic E-state index is -4.86. The summed E-state index contributed by atoms with van der Waals surface area (Å²) in [7, 11) is 1.29. The molecule has 1 amide bonds. The van der Waals surface area contributed by atoms with Gasteiger partial charge in [0.25, 0.3) is 5.56 Å². The number of hydrogen-bond acceptors (Lipinski definition) is 7. The number of aromatic amines is 1. The van der Waals surface area contributed by atoms with Crippen molar-refractivity contribution in [3.8, 4) is 6.07 Å². The summed E-state index contributed by atoms with van der Waals surface area (Å²) in [4.78, 5) is 28.9. The van der Waals surface area contributed by atoms with E-state index in [1.807, 2.05) is 0 Å². The lowest BCUT2D eigenvalue weighted by atomic mass is 9.85. The number of aromatic nitrogens is 3. The number of pyridine rings is 1. The lowest BCUT2D eigenvalue weighted by molar-refractivity contribution is -0.258. The van der Waals surface area contributed by atoms with Crippen molar-refractivity contribution in [3.05, 3.63) is 52.4 Å². The van der Waals surface area contributed by atoms with Gasteiger partial charge in [-0.05, 0) is 43.5 Å². The van der Waals surface area contributed by atoms with Crippen LogP contribution < -0.4 is 10.9 Å². The lowest BCUT2D eigenvalue weighted by Gasteiger charge is -2.40. The van der Waals surface area contributed by atoms with Crippen LogP contribution in [0.15, 0.2) is 41.3 Å². The molecule has 3 N–H and O–H groups in total. The van der Waals surface area contributed by atoms with Gasteiger partial charge in [-0.3, -0.25) is 9.48 Å². The fourth-order valence-corrected chi connectivity index (χ4v) is 4.55. The van der Waals surface area contributed by atoms with Crippen molar-refractivity contribution in [2.24, 2.45) is 0 Å². The molecule has 0 unspecified atom stereocenters. The predicted octanol–water partition coefficient (Wildman–Crippen LogP) is 3.71. The summed E-state index contributed by atoms with van der Waals surface area (Å²) in [5, 5.41) is 27.3. The van der Waals surface area contributed by atoms with Crippen molar-refractivity contribution in [1.29, 1.82) is 5.26 Å². The third-order valence-corrected chi connectivity index (χ3v) is 6.85. The first kappa shape index (κ1) is 26.0. The van der Waals surface area contributed by atoms with Crippen molar-refractivity contribution in [1.82, 2.24) is 19.7 Å². The van der Waals surface area contributed by atoms with Crippen molar-refractivity contribution in [3.63, 3.8) is 0 Å². The average Bonchev–Trinajstić information content (AvgIpc) is 3.24. The third-order valence-electron chi connectivity index (χ3n) is 6.85. The van der Waals surface area contributed by atoms with E-state index in [2.05, 4.69) is 21.5 Å². The maximum Gasteiger partial charge on any atom is 0.421 e. The second-order valence-corrected chi connectivity index (χ2v) is 9.12. The SMILES string of the molecule is COC(=O)N1CCC(CC#N)(n2nc(Nc3ccc([C@](C)(O)C(F)(F)F)cc3)c3c(=O)[nH]ccc32)CC1. The van der Waals surface area contributed by atoms with E-state index in [4.69, 9.17) is 4.74 Å². The Kier molecular flexibility index (Phi) is 6.64. The first-order chi connectivity index (χ1) is 17.4. The van der Waals surface area contributed by atoms with Crippen molar-refractivity contribution in [2.45, 2.75) is 43.5 Å². The number of H-pyrrole nitrogens is 1. The number of anilines is 2. The number of fused-ring (bicyclic) bond motifs is 1. The van der Waals surface area contributed by atoms with Gasteiger partial charge in [0.15, 0.2) is 11.4 Å². The normalized spacial score (nSPS) is 17.2. The van der Waals surface area contributed by atoms with Crippen molar-refractivity contribution >= 4 is 28.5 Å². The molecule has 1 aliphatic rings. The average molecular weight is 518 g/mol. The molecule has 3 aromatic rings. The van der Waals surface area contributed by atoms with Crippen LogP contribution in [-0.2, 0) is 15.9 Å². The standard InChI is InChI=1S/C24H25F3N6O4/c1-22(36,24(25,26)27)15-3-5-16(6-4-15)30-19-18-17(7-12-29-20(18)34)33(31-19)23(8-11-28)9-13-32(14-10-23)21(35)37-2/h3-7,12,36H,8-10,13-14H2,1-2H3,(H,29,34)(H,30,31)/t22-/m0/s1. The number of methoxy groups -OCH3 is 1. The van der Waals surface area contributed by atoms with Crippen LogP contribution in [0.1, 0.15) is 31.7 Å². The zero-order valence-electron chi connectivity index (χ0n) is 20.1. The fraction of sp³-hybridized carbons (Fsp3) is 0.417. The molecular formula is C24H25F3N6O4. The van der Waals surface area contributed by atoms with Gasteiger partial charge in [0, 0.05) is 25.0 Å². The molecule has 1 aliphatic heterocycles. The third kappa shape index (κ3) is 4.60. The smallest absolute Gasteiger partial charge is 0.421 e. The van der Waals surface area contributed by atoms with Crippen LogP contribution in [0, 0.1) is 11.3 Å². The Morgan fingerprint density at radius 1 is 1.27 bits per heavy atom. The molecule has 37 heavy (non-hydrogen) atoms. The number of nitriles is 1. The molecule has 2 aromatic heterocycles. The number of alkyl halides is 3. The number of carbonyl (C=O) groups excluding carboxylic acids is 1. The highest BCUT2D eigenvalue weighted by Crippen LogP contribution is 2.40. The number of likely N-dealkylation sites (tertiary alicyclic amines) is 1. The Hall–Kier alpha value is -4.05. The Morgan fingerprint density at radius 2 is 1.92 bits per heavy atom. The van der Waals surface area contributed by atoms with Gasteiger partial charge in [-0.1, -0.05) is 12.1 Å². The monoisotopic (exact) mass is 518 g/mol. The molecule has 0 radical (unpaired) electrons. The second kappa shape index (κ2) is 9.44. The first-order valence-electron chi connectivity index (χ1n) is 11.4. The van der Waals surface area contributed by atoms with E-state index in [0.717, 1.165) is 12.1 Å². The summed E-state index contributed by atoms with van der Waals surface area (Å²) in [6.45, 7) is 1.31. The number of nitrogens with one attached hydrogen (secondary N) is 2. The van der Waals surface area contributed by atoms with Crippen LogP contribution >= 0.6 is 0 Å². The van der Waals surface area contributed by atoms with E-state index in [1.54, 1.807) is 10.7 Å². The van der Waals surface area contributed by atoms with Crippen molar-refractivity contribution < 1.29 is 27.8 Å². The lowest BCUT2D eigenvalue weighted by Crippen LogP contribution is -2.48. The molecule has 10 nitrogen and oxygen atoms in total. The van der Waals surface area contributed by atoms with Gasteiger partial charge in [0.1, 0.15) is 5.39 Å². The van der Waals surface area contributed by atoms with Gasteiger partial charge in [-0.25, -0.2) is 4.79 Å². The highest BCUT2D eigenvalue weighted by molar-refractivity contribution is 5.91. The van der Waals surface area contributed by atoms with Gasteiger partial charge in [0.05, 0.1) is 30.7 Å². The summed E-state index contributed by atoms with van der Waals surface area (Å²) in [5.41, 5.74) is -3.82. The Labute approximate surface area is 209 Å². The van der Waals surface area contributed by atoms with Crippen molar-refractivity contribution in [2.75, 3.05) is 25.5 Å². The Bertz CT molecular complexity index is 1400. The molecule has 1 atom stereocenters. The number of benzene rings is 1. The van der Waals surface area contributed by atoms with E-state index in [1.165, 1.54) is 30.3 Å². The van der Waals surface area contributed by atoms with Gasteiger partial charge < -0.3 is 25.0 Å². The van der Waals surface area contributed by atoms with E-state index >= 15 is 0 Å². The number of carbonyl (C=O) groups is 1. The molecule has 0 spiro atoms. The molecule has 0 bridgehead atoms.